The van der Waals surface area contributed by atoms with Gasteiger partial charge in [0.15, 0.2) is 5.17 Å². The number of amides is 1. The second-order valence-electron chi connectivity index (χ2n) is 3.56. The molecule has 0 saturated carbocycles. The highest BCUT2D eigenvalue weighted by Gasteiger charge is 2.28. The molecule has 17 heavy (non-hydrogen) atoms. The Morgan fingerprint density at radius 1 is 1.41 bits per heavy atom. The summed E-state index contributed by atoms with van der Waals surface area (Å²) in [6.45, 7) is 1.98. The Morgan fingerprint density at radius 2 is 2.18 bits per heavy atom. The number of thioether (sulfide) groups is 1. The summed E-state index contributed by atoms with van der Waals surface area (Å²) in [5.41, 5.74) is 0.984. The summed E-state index contributed by atoms with van der Waals surface area (Å²) in [5, 5.41) is 11.2. The first-order chi connectivity index (χ1) is 8.29. The van der Waals surface area contributed by atoms with Crippen LogP contribution in [0.1, 0.15) is 18.9 Å². The van der Waals surface area contributed by atoms with E-state index in [-0.39, 0.29) is 11.2 Å². The molecule has 1 aromatic carbocycles. The Balaban J connectivity index is 1.98. The van der Waals surface area contributed by atoms with Crippen molar-refractivity contribution in [2.45, 2.75) is 18.6 Å². The van der Waals surface area contributed by atoms with E-state index in [4.69, 9.17) is 0 Å². The number of nitrogens with one attached hydrogen (secondary N) is 1. The van der Waals surface area contributed by atoms with Crippen molar-refractivity contribution in [3.05, 3.63) is 35.9 Å². The van der Waals surface area contributed by atoms with E-state index < -0.39 is 0 Å². The Morgan fingerprint density at radius 3 is 2.82 bits per heavy atom. The Hall–Kier alpha value is -1.62. The summed E-state index contributed by atoms with van der Waals surface area (Å²) < 4.78 is 0. The third-order valence-electron chi connectivity index (χ3n) is 2.30. The second-order valence-corrected chi connectivity index (χ2v) is 4.76. The van der Waals surface area contributed by atoms with E-state index in [9.17, 15) is 4.79 Å². The van der Waals surface area contributed by atoms with E-state index in [1.807, 2.05) is 37.3 Å². The highest BCUT2D eigenvalue weighted by atomic mass is 32.2. The molecule has 1 fully saturated rings. The lowest BCUT2D eigenvalue weighted by Gasteiger charge is -1.95. The van der Waals surface area contributed by atoms with Gasteiger partial charge in [-0.05, 0) is 12.0 Å². The molecule has 4 nitrogen and oxygen atoms in total. The highest BCUT2D eigenvalue weighted by Crippen LogP contribution is 2.21. The van der Waals surface area contributed by atoms with Gasteiger partial charge in [0.25, 0.3) is 0 Å². The van der Waals surface area contributed by atoms with Crippen LogP contribution in [-0.2, 0) is 4.79 Å². The molecule has 0 aliphatic carbocycles. The number of carbonyl (C=O) groups excluding carboxylic acids is 1. The number of rotatable bonds is 3. The molecule has 1 atom stereocenters. The molecular formula is C12H13N3OS. The molecule has 0 spiro atoms. The van der Waals surface area contributed by atoms with Crippen molar-refractivity contribution in [3.63, 3.8) is 0 Å². The van der Waals surface area contributed by atoms with E-state index in [1.165, 1.54) is 11.8 Å². The molecule has 1 saturated heterocycles. The van der Waals surface area contributed by atoms with Gasteiger partial charge in [-0.25, -0.2) is 0 Å². The SMILES string of the molecule is CC[C@H]1S/C(=N/N=C\c2ccccc2)NC1=O. The van der Waals surface area contributed by atoms with Crippen molar-refractivity contribution in [3.8, 4) is 0 Å². The van der Waals surface area contributed by atoms with Gasteiger partial charge in [0.1, 0.15) is 0 Å². The lowest BCUT2D eigenvalue weighted by Crippen LogP contribution is -2.24. The summed E-state index contributed by atoms with van der Waals surface area (Å²) >= 11 is 1.43. The lowest BCUT2D eigenvalue weighted by atomic mass is 10.2. The number of amidine groups is 1. The first-order valence-corrected chi connectivity index (χ1v) is 6.31. The molecule has 1 aliphatic rings. The number of benzene rings is 1. The summed E-state index contributed by atoms with van der Waals surface area (Å²) in [4.78, 5) is 11.4. The monoisotopic (exact) mass is 247 g/mol. The molecule has 1 aromatic rings. The molecule has 1 N–H and O–H groups in total. The maximum atomic E-state index is 11.4. The molecule has 5 heteroatoms. The van der Waals surface area contributed by atoms with Crippen LogP contribution in [0.15, 0.2) is 40.5 Å². The zero-order valence-electron chi connectivity index (χ0n) is 9.46. The summed E-state index contributed by atoms with van der Waals surface area (Å²) in [7, 11) is 0. The predicted octanol–water partition coefficient (Wildman–Crippen LogP) is 2.02. The van der Waals surface area contributed by atoms with E-state index in [2.05, 4.69) is 15.5 Å². The number of carbonyl (C=O) groups is 1. The molecule has 0 unspecified atom stereocenters. The maximum Gasteiger partial charge on any atom is 0.239 e. The van der Waals surface area contributed by atoms with Crippen LogP contribution in [0, 0.1) is 0 Å². The minimum absolute atomic E-state index is 0.0196. The third kappa shape index (κ3) is 3.17. The van der Waals surface area contributed by atoms with Crippen LogP contribution in [0.25, 0.3) is 0 Å². The number of hydrogen-bond acceptors (Lipinski definition) is 4. The number of hydrogen-bond donors (Lipinski definition) is 1. The van der Waals surface area contributed by atoms with Crippen molar-refractivity contribution < 1.29 is 4.79 Å². The standard InChI is InChI=1S/C12H13N3OS/c1-2-10-11(16)14-12(17-10)15-13-8-9-6-4-3-5-7-9/h3-8,10H,2H2,1H3,(H,14,15,16)/b13-8-/t10-/m1/s1. The van der Waals surface area contributed by atoms with Crippen LogP contribution in [0.3, 0.4) is 0 Å². The van der Waals surface area contributed by atoms with Crippen LogP contribution in [0.5, 0.6) is 0 Å². The average molecular weight is 247 g/mol. The van der Waals surface area contributed by atoms with E-state index in [0.717, 1.165) is 12.0 Å². The van der Waals surface area contributed by atoms with E-state index >= 15 is 0 Å². The van der Waals surface area contributed by atoms with Gasteiger partial charge in [0.05, 0.1) is 11.5 Å². The smallest absolute Gasteiger partial charge is 0.239 e. The normalized spacial score (nSPS) is 22.3. The van der Waals surface area contributed by atoms with Crippen LogP contribution >= 0.6 is 11.8 Å². The van der Waals surface area contributed by atoms with Gasteiger partial charge in [-0.15, -0.1) is 5.10 Å². The minimum atomic E-state index is -0.0272. The zero-order chi connectivity index (χ0) is 12.1. The fraction of sp³-hybridized carbons (Fsp3) is 0.250. The fourth-order valence-electron chi connectivity index (χ4n) is 1.41. The molecule has 0 aromatic heterocycles. The van der Waals surface area contributed by atoms with Crippen molar-refractivity contribution in [1.29, 1.82) is 0 Å². The maximum absolute atomic E-state index is 11.4. The van der Waals surface area contributed by atoms with Crippen LogP contribution in [0.2, 0.25) is 0 Å². The van der Waals surface area contributed by atoms with Gasteiger partial charge in [-0.2, -0.15) is 5.10 Å². The summed E-state index contributed by atoms with van der Waals surface area (Å²) in [5.74, 6) is 0.0196. The molecule has 1 aliphatic heterocycles. The van der Waals surface area contributed by atoms with Gasteiger partial charge < -0.3 is 5.32 Å². The molecule has 1 amide bonds. The highest BCUT2D eigenvalue weighted by molar-refractivity contribution is 8.15. The number of nitrogens with zero attached hydrogens (tertiary/aromatic N) is 2. The minimum Gasteiger partial charge on any atom is -0.303 e. The largest absolute Gasteiger partial charge is 0.303 e. The second kappa shape index (κ2) is 5.63. The van der Waals surface area contributed by atoms with Gasteiger partial charge in [-0.1, -0.05) is 49.0 Å². The Labute approximate surface area is 104 Å². The zero-order valence-corrected chi connectivity index (χ0v) is 10.3. The molecular weight excluding hydrogens is 234 g/mol. The van der Waals surface area contributed by atoms with Crippen LogP contribution < -0.4 is 5.32 Å². The lowest BCUT2D eigenvalue weighted by molar-refractivity contribution is -0.118. The van der Waals surface area contributed by atoms with Crippen molar-refractivity contribution in [2.75, 3.05) is 0 Å². The van der Waals surface area contributed by atoms with Gasteiger partial charge in [-0.3, -0.25) is 4.79 Å². The Bertz CT molecular complexity index is 456. The molecule has 88 valence electrons. The summed E-state index contributed by atoms with van der Waals surface area (Å²) in [6.07, 6.45) is 2.47. The van der Waals surface area contributed by atoms with Crippen molar-refractivity contribution in [1.82, 2.24) is 5.32 Å². The van der Waals surface area contributed by atoms with Crippen molar-refractivity contribution >= 4 is 29.1 Å². The van der Waals surface area contributed by atoms with Gasteiger partial charge >= 0.3 is 0 Å². The van der Waals surface area contributed by atoms with Crippen LogP contribution in [-0.4, -0.2) is 22.5 Å². The Kier molecular flexibility index (Phi) is 3.93. The first kappa shape index (κ1) is 11.9. The van der Waals surface area contributed by atoms with Crippen LogP contribution in [0.4, 0.5) is 0 Å². The van der Waals surface area contributed by atoms with E-state index in [0.29, 0.717) is 5.17 Å². The van der Waals surface area contributed by atoms with E-state index in [1.54, 1.807) is 6.21 Å². The first-order valence-electron chi connectivity index (χ1n) is 5.43. The quantitative estimate of drug-likeness (QED) is 0.656. The predicted molar refractivity (Wildman–Crippen MR) is 71.3 cm³/mol. The topological polar surface area (TPSA) is 53.8 Å². The molecule has 1 heterocycles. The average Bonchev–Trinajstić information content (AvgIpc) is 2.71. The molecule has 2 rings (SSSR count). The third-order valence-corrected chi connectivity index (χ3v) is 3.54. The molecule has 0 radical (unpaired) electrons. The van der Waals surface area contributed by atoms with Gasteiger partial charge in [0.2, 0.25) is 5.91 Å². The van der Waals surface area contributed by atoms with Crippen molar-refractivity contribution in [2.24, 2.45) is 10.2 Å². The fourth-order valence-corrected chi connectivity index (χ4v) is 2.26. The summed E-state index contributed by atoms with van der Waals surface area (Å²) in [6, 6.07) is 9.71. The molecule has 0 bridgehead atoms. The van der Waals surface area contributed by atoms with Gasteiger partial charge in [0, 0.05) is 0 Å².